The average Bonchev–Trinajstić information content (AvgIpc) is 2.60. The van der Waals surface area contributed by atoms with Crippen LogP contribution in [0.15, 0.2) is 18.2 Å². The zero-order valence-corrected chi connectivity index (χ0v) is 15.5. The van der Waals surface area contributed by atoms with E-state index in [4.69, 9.17) is 23.2 Å². The summed E-state index contributed by atoms with van der Waals surface area (Å²) < 4.78 is 0. The number of hydrogen-bond acceptors (Lipinski definition) is 2. The number of piperidine rings is 1. The van der Waals surface area contributed by atoms with Crippen LogP contribution in [0.5, 0.6) is 0 Å². The fourth-order valence-electron chi connectivity index (χ4n) is 2.89. The van der Waals surface area contributed by atoms with E-state index < -0.39 is 0 Å². The molecule has 0 atom stereocenters. The lowest BCUT2D eigenvalue weighted by Gasteiger charge is -2.31. The molecule has 0 unspecified atom stereocenters. The lowest BCUT2D eigenvalue weighted by atomic mass is 9.95. The van der Waals surface area contributed by atoms with Crippen LogP contribution in [0.25, 0.3) is 0 Å². The van der Waals surface area contributed by atoms with Crippen LogP contribution in [-0.4, -0.2) is 36.3 Å². The van der Waals surface area contributed by atoms with Gasteiger partial charge in [0.25, 0.3) is 5.91 Å². The van der Waals surface area contributed by atoms with Gasteiger partial charge in [-0.1, -0.05) is 43.0 Å². The molecular weight excluding hydrogens is 347 g/mol. The van der Waals surface area contributed by atoms with Crippen molar-refractivity contribution < 1.29 is 9.59 Å². The third-order valence-corrected chi connectivity index (χ3v) is 5.14. The first-order valence-electron chi connectivity index (χ1n) is 8.55. The van der Waals surface area contributed by atoms with Crippen LogP contribution in [0.2, 0.25) is 10.0 Å². The van der Waals surface area contributed by atoms with Crippen molar-refractivity contribution in [2.24, 2.45) is 5.92 Å². The van der Waals surface area contributed by atoms with Crippen molar-refractivity contribution in [1.82, 2.24) is 10.2 Å². The SMILES string of the molecule is CCCCCNC(=O)C1CCN(C(=O)c2ccc(Cl)c(Cl)c2)CC1. The number of carbonyl (C=O) groups excluding carboxylic acids is 2. The molecule has 1 aliphatic rings. The van der Waals surface area contributed by atoms with Gasteiger partial charge >= 0.3 is 0 Å². The Bertz CT molecular complexity index is 584. The molecule has 0 saturated carbocycles. The highest BCUT2D eigenvalue weighted by molar-refractivity contribution is 6.42. The van der Waals surface area contributed by atoms with E-state index in [1.807, 2.05) is 0 Å². The third kappa shape index (κ3) is 5.12. The van der Waals surface area contributed by atoms with Gasteiger partial charge in [0, 0.05) is 31.1 Å². The fraction of sp³-hybridized carbons (Fsp3) is 0.556. The molecule has 24 heavy (non-hydrogen) atoms. The van der Waals surface area contributed by atoms with E-state index >= 15 is 0 Å². The first kappa shape index (κ1) is 19.1. The van der Waals surface area contributed by atoms with Crippen LogP contribution >= 0.6 is 23.2 Å². The van der Waals surface area contributed by atoms with Gasteiger partial charge in [0.05, 0.1) is 10.0 Å². The number of nitrogens with zero attached hydrogens (tertiary/aromatic N) is 1. The van der Waals surface area contributed by atoms with Gasteiger partial charge in [0.1, 0.15) is 0 Å². The molecule has 0 radical (unpaired) electrons. The standard InChI is InChI=1S/C18H24Cl2N2O2/c1-2-3-4-9-21-17(23)13-7-10-22(11-8-13)18(24)14-5-6-15(19)16(20)12-14/h5-6,12-13H,2-4,7-11H2,1H3,(H,21,23). The van der Waals surface area contributed by atoms with E-state index in [1.54, 1.807) is 23.1 Å². The number of unbranched alkanes of at least 4 members (excludes halogenated alkanes) is 2. The highest BCUT2D eigenvalue weighted by atomic mass is 35.5. The van der Waals surface area contributed by atoms with Crippen LogP contribution < -0.4 is 5.32 Å². The molecule has 1 aromatic carbocycles. The lowest BCUT2D eigenvalue weighted by molar-refractivity contribution is -0.126. The Hall–Kier alpha value is -1.26. The molecule has 0 aliphatic carbocycles. The summed E-state index contributed by atoms with van der Waals surface area (Å²) in [7, 11) is 0. The molecule has 0 spiro atoms. The number of halogens is 2. The van der Waals surface area contributed by atoms with E-state index in [0.717, 1.165) is 25.8 Å². The van der Waals surface area contributed by atoms with Gasteiger partial charge in [0.2, 0.25) is 5.91 Å². The maximum atomic E-state index is 12.5. The normalized spacial score (nSPS) is 15.4. The highest BCUT2D eigenvalue weighted by Crippen LogP contribution is 2.25. The number of hydrogen-bond donors (Lipinski definition) is 1. The molecule has 1 N–H and O–H groups in total. The van der Waals surface area contributed by atoms with E-state index in [0.29, 0.717) is 41.5 Å². The second-order valence-corrected chi connectivity index (χ2v) is 7.01. The number of amides is 2. The van der Waals surface area contributed by atoms with Gasteiger partial charge in [-0.3, -0.25) is 9.59 Å². The maximum absolute atomic E-state index is 12.5. The Morgan fingerprint density at radius 2 is 1.88 bits per heavy atom. The molecular formula is C18H24Cl2N2O2. The Morgan fingerprint density at radius 1 is 1.17 bits per heavy atom. The van der Waals surface area contributed by atoms with Crippen molar-refractivity contribution in [1.29, 1.82) is 0 Å². The second kappa shape index (κ2) is 9.28. The summed E-state index contributed by atoms with van der Waals surface area (Å²) in [6.07, 6.45) is 4.71. The molecule has 4 nitrogen and oxygen atoms in total. The Kier molecular flexibility index (Phi) is 7.38. The molecule has 1 aromatic rings. The Balaban J connectivity index is 1.82. The van der Waals surface area contributed by atoms with Crippen LogP contribution in [0.1, 0.15) is 49.4 Å². The minimum absolute atomic E-state index is 0.00415. The summed E-state index contributed by atoms with van der Waals surface area (Å²) >= 11 is 11.9. The van der Waals surface area contributed by atoms with E-state index in [2.05, 4.69) is 12.2 Å². The van der Waals surface area contributed by atoms with Gasteiger partial charge in [-0.15, -0.1) is 0 Å². The molecule has 1 aliphatic heterocycles. The molecule has 0 bridgehead atoms. The third-order valence-electron chi connectivity index (χ3n) is 4.40. The van der Waals surface area contributed by atoms with Crippen LogP contribution in [0.3, 0.4) is 0 Å². The molecule has 132 valence electrons. The maximum Gasteiger partial charge on any atom is 0.253 e. The molecule has 2 rings (SSSR count). The number of nitrogens with one attached hydrogen (secondary N) is 1. The first-order chi connectivity index (χ1) is 11.5. The highest BCUT2D eigenvalue weighted by Gasteiger charge is 2.27. The predicted octanol–water partition coefficient (Wildman–Crippen LogP) is 4.15. The summed E-state index contributed by atoms with van der Waals surface area (Å²) in [6, 6.07) is 4.91. The minimum atomic E-state index is -0.0598. The average molecular weight is 371 g/mol. The first-order valence-corrected chi connectivity index (χ1v) is 9.30. The lowest BCUT2D eigenvalue weighted by Crippen LogP contribution is -2.43. The smallest absolute Gasteiger partial charge is 0.253 e. The molecule has 2 amide bonds. The van der Waals surface area contributed by atoms with Crippen LogP contribution in [0, 0.1) is 5.92 Å². The van der Waals surface area contributed by atoms with Gasteiger partial charge in [-0.2, -0.15) is 0 Å². The summed E-state index contributed by atoms with van der Waals surface area (Å²) in [4.78, 5) is 26.4. The number of benzene rings is 1. The van der Waals surface area contributed by atoms with Crippen molar-refractivity contribution in [2.75, 3.05) is 19.6 Å². The van der Waals surface area contributed by atoms with Gasteiger partial charge in [-0.25, -0.2) is 0 Å². The Morgan fingerprint density at radius 3 is 2.50 bits per heavy atom. The largest absolute Gasteiger partial charge is 0.356 e. The molecule has 0 aromatic heterocycles. The van der Waals surface area contributed by atoms with E-state index in [9.17, 15) is 9.59 Å². The van der Waals surface area contributed by atoms with E-state index in [-0.39, 0.29) is 17.7 Å². The van der Waals surface area contributed by atoms with Gasteiger partial charge in [-0.05, 0) is 37.5 Å². The van der Waals surface area contributed by atoms with Crippen molar-refractivity contribution >= 4 is 35.0 Å². The summed E-state index contributed by atoms with van der Waals surface area (Å²) in [6.45, 7) is 4.07. The second-order valence-electron chi connectivity index (χ2n) is 6.19. The van der Waals surface area contributed by atoms with E-state index in [1.165, 1.54) is 0 Å². The molecule has 1 heterocycles. The quantitative estimate of drug-likeness (QED) is 0.764. The molecule has 1 saturated heterocycles. The van der Waals surface area contributed by atoms with Crippen LogP contribution in [0.4, 0.5) is 0 Å². The Labute approximate surface area is 153 Å². The van der Waals surface area contributed by atoms with Gasteiger partial charge < -0.3 is 10.2 Å². The summed E-state index contributed by atoms with van der Waals surface area (Å²) in [5.41, 5.74) is 0.534. The summed E-state index contributed by atoms with van der Waals surface area (Å²) in [5.74, 6) is 0.0626. The monoisotopic (exact) mass is 370 g/mol. The van der Waals surface area contributed by atoms with Crippen molar-refractivity contribution in [3.8, 4) is 0 Å². The van der Waals surface area contributed by atoms with Crippen molar-refractivity contribution in [2.45, 2.75) is 39.0 Å². The van der Waals surface area contributed by atoms with Crippen molar-refractivity contribution in [3.63, 3.8) is 0 Å². The minimum Gasteiger partial charge on any atom is -0.356 e. The predicted molar refractivity (Wildman–Crippen MR) is 97.6 cm³/mol. The topological polar surface area (TPSA) is 49.4 Å². The van der Waals surface area contributed by atoms with Gasteiger partial charge in [0.15, 0.2) is 0 Å². The zero-order valence-electron chi connectivity index (χ0n) is 14.0. The molecule has 6 heteroatoms. The fourth-order valence-corrected chi connectivity index (χ4v) is 3.19. The summed E-state index contributed by atoms with van der Waals surface area (Å²) in [5, 5.41) is 3.82. The number of rotatable bonds is 6. The zero-order chi connectivity index (χ0) is 17.5. The number of likely N-dealkylation sites (tertiary alicyclic amines) is 1. The molecule has 1 fully saturated rings. The van der Waals surface area contributed by atoms with Crippen molar-refractivity contribution in [3.05, 3.63) is 33.8 Å². The number of carbonyl (C=O) groups is 2. The van der Waals surface area contributed by atoms with Crippen LogP contribution in [-0.2, 0) is 4.79 Å².